The predicted molar refractivity (Wildman–Crippen MR) is 127 cm³/mol. The molecule has 0 aliphatic carbocycles. The zero-order valence-electron chi connectivity index (χ0n) is 17.7. The topological polar surface area (TPSA) is 86.8 Å². The van der Waals surface area contributed by atoms with E-state index < -0.39 is 28.5 Å². The molecule has 1 N–H and O–H groups in total. The molecule has 0 saturated heterocycles. The molecule has 0 saturated carbocycles. The first-order valence-electron chi connectivity index (χ1n) is 9.44. The van der Waals surface area contributed by atoms with Crippen LogP contribution in [0.15, 0.2) is 46.9 Å². The first-order valence-corrected chi connectivity index (χ1v) is 12.5. The molecule has 10 heteroatoms. The molecule has 0 spiro atoms. The standard InChI is InChI=1S/C21H25BrClN3O4S/c1-14-18(23)6-5-7-19(14)26(31(4,29)30)13-20(27)25(15(2)21(28)24-3)12-16-8-10-17(22)11-9-16/h5-11,15H,12-13H2,1-4H3,(H,24,28)/t15-/m1/s1. The number of rotatable bonds is 8. The minimum atomic E-state index is -3.80. The molecule has 2 aromatic rings. The van der Waals surface area contributed by atoms with Crippen molar-refractivity contribution in [3.05, 3.63) is 63.1 Å². The number of carbonyl (C=O) groups is 2. The SMILES string of the molecule is CNC(=O)[C@@H](C)N(Cc1ccc(Br)cc1)C(=O)CN(c1cccc(Cl)c1C)S(C)(=O)=O. The fraction of sp³-hybridized carbons (Fsp3) is 0.333. The second-order valence-corrected chi connectivity index (χ2v) is 10.3. The third-order valence-electron chi connectivity index (χ3n) is 4.87. The van der Waals surface area contributed by atoms with Gasteiger partial charge in [-0.15, -0.1) is 0 Å². The molecule has 0 aromatic heterocycles. The summed E-state index contributed by atoms with van der Waals surface area (Å²) in [4.78, 5) is 27.0. The second kappa shape index (κ2) is 10.5. The molecule has 0 fully saturated rings. The van der Waals surface area contributed by atoms with E-state index in [2.05, 4.69) is 21.2 Å². The van der Waals surface area contributed by atoms with Gasteiger partial charge in [-0.25, -0.2) is 8.42 Å². The van der Waals surface area contributed by atoms with Gasteiger partial charge < -0.3 is 10.2 Å². The molecule has 0 aliphatic heterocycles. The van der Waals surface area contributed by atoms with Crippen LogP contribution in [0, 0.1) is 6.92 Å². The third kappa shape index (κ3) is 6.44. The number of amides is 2. The first-order chi connectivity index (χ1) is 14.5. The molecule has 0 aliphatic rings. The van der Waals surface area contributed by atoms with Crippen LogP contribution in [-0.2, 0) is 26.2 Å². The van der Waals surface area contributed by atoms with Gasteiger partial charge in [-0.2, -0.15) is 0 Å². The first kappa shape index (κ1) is 25.2. The van der Waals surface area contributed by atoms with Gasteiger partial charge in [0.15, 0.2) is 0 Å². The second-order valence-electron chi connectivity index (χ2n) is 7.09. The summed E-state index contributed by atoms with van der Waals surface area (Å²) in [6, 6.07) is 11.4. The van der Waals surface area contributed by atoms with E-state index >= 15 is 0 Å². The Morgan fingerprint density at radius 1 is 1.16 bits per heavy atom. The van der Waals surface area contributed by atoms with E-state index in [9.17, 15) is 18.0 Å². The van der Waals surface area contributed by atoms with Crippen molar-refractivity contribution < 1.29 is 18.0 Å². The van der Waals surface area contributed by atoms with Gasteiger partial charge in [0, 0.05) is 23.1 Å². The summed E-state index contributed by atoms with van der Waals surface area (Å²) in [6.45, 7) is 2.97. The Morgan fingerprint density at radius 2 is 1.77 bits per heavy atom. The molecule has 0 unspecified atom stereocenters. The van der Waals surface area contributed by atoms with Crippen LogP contribution in [0.4, 0.5) is 5.69 Å². The average molecular weight is 531 g/mol. The number of sulfonamides is 1. The molecule has 0 bridgehead atoms. The van der Waals surface area contributed by atoms with Crippen molar-refractivity contribution in [2.45, 2.75) is 26.4 Å². The third-order valence-corrected chi connectivity index (χ3v) is 6.93. The number of benzene rings is 2. The van der Waals surface area contributed by atoms with Crippen molar-refractivity contribution in [2.75, 3.05) is 24.2 Å². The molecule has 0 radical (unpaired) electrons. The Bertz CT molecular complexity index is 1060. The van der Waals surface area contributed by atoms with E-state index in [4.69, 9.17) is 11.6 Å². The highest BCUT2D eigenvalue weighted by atomic mass is 79.9. The van der Waals surface area contributed by atoms with Crippen molar-refractivity contribution in [1.82, 2.24) is 10.2 Å². The molecule has 2 amide bonds. The van der Waals surface area contributed by atoms with E-state index in [-0.39, 0.29) is 12.5 Å². The van der Waals surface area contributed by atoms with Gasteiger partial charge in [-0.05, 0) is 49.2 Å². The Labute approximate surface area is 196 Å². The van der Waals surface area contributed by atoms with Crippen molar-refractivity contribution in [3.63, 3.8) is 0 Å². The number of nitrogens with zero attached hydrogens (tertiary/aromatic N) is 2. The summed E-state index contributed by atoms with van der Waals surface area (Å²) in [6.07, 6.45) is 1.03. The Kier molecular flexibility index (Phi) is 8.50. The minimum Gasteiger partial charge on any atom is -0.357 e. The van der Waals surface area contributed by atoms with Gasteiger partial charge in [0.1, 0.15) is 12.6 Å². The summed E-state index contributed by atoms with van der Waals surface area (Å²) in [5.74, 6) is -0.862. The van der Waals surface area contributed by atoms with Crippen LogP contribution in [0.25, 0.3) is 0 Å². The van der Waals surface area contributed by atoms with Crippen LogP contribution >= 0.6 is 27.5 Å². The molecule has 168 valence electrons. The lowest BCUT2D eigenvalue weighted by Gasteiger charge is -2.31. The highest BCUT2D eigenvalue weighted by molar-refractivity contribution is 9.10. The maximum Gasteiger partial charge on any atom is 0.244 e. The van der Waals surface area contributed by atoms with Crippen LogP contribution in [0.2, 0.25) is 5.02 Å². The monoisotopic (exact) mass is 529 g/mol. The van der Waals surface area contributed by atoms with Crippen LogP contribution in [-0.4, -0.2) is 51.0 Å². The Morgan fingerprint density at radius 3 is 2.32 bits per heavy atom. The summed E-state index contributed by atoms with van der Waals surface area (Å²) < 4.78 is 27.0. The van der Waals surface area contributed by atoms with E-state index in [1.807, 2.05) is 24.3 Å². The summed E-state index contributed by atoms with van der Waals surface area (Å²) in [7, 11) is -2.31. The molecule has 7 nitrogen and oxygen atoms in total. The fourth-order valence-electron chi connectivity index (χ4n) is 3.04. The van der Waals surface area contributed by atoms with Gasteiger partial charge in [-0.1, -0.05) is 45.7 Å². The summed E-state index contributed by atoms with van der Waals surface area (Å²) >= 11 is 9.53. The van der Waals surface area contributed by atoms with Crippen LogP contribution in [0.5, 0.6) is 0 Å². The van der Waals surface area contributed by atoms with Crippen molar-refractivity contribution in [1.29, 1.82) is 0 Å². The van der Waals surface area contributed by atoms with Crippen molar-refractivity contribution in [2.24, 2.45) is 0 Å². The van der Waals surface area contributed by atoms with Crippen LogP contribution in [0.3, 0.4) is 0 Å². The molecular formula is C21H25BrClN3O4S. The molecule has 2 aromatic carbocycles. The number of hydrogen-bond acceptors (Lipinski definition) is 4. The highest BCUT2D eigenvalue weighted by Crippen LogP contribution is 2.28. The minimum absolute atomic E-state index is 0.146. The maximum atomic E-state index is 13.3. The van der Waals surface area contributed by atoms with Crippen molar-refractivity contribution >= 4 is 55.1 Å². The van der Waals surface area contributed by atoms with Gasteiger partial charge in [-0.3, -0.25) is 13.9 Å². The number of carbonyl (C=O) groups excluding carboxylic acids is 2. The van der Waals surface area contributed by atoms with Crippen LogP contribution < -0.4 is 9.62 Å². The normalized spacial score (nSPS) is 12.2. The van der Waals surface area contributed by atoms with Crippen molar-refractivity contribution in [3.8, 4) is 0 Å². The van der Waals surface area contributed by atoms with Gasteiger partial charge in [0.25, 0.3) is 0 Å². The fourth-order valence-corrected chi connectivity index (χ4v) is 4.37. The lowest BCUT2D eigenvalue weighted by atomic mass is 10.1. The van der Waals surface area contributed by atoms with Gasteiger partial charge in [0.05, 0.1) is 11.9 Å². The smallest absolute Gasteiger partial charge is 0.244 e. The number of anilines is 1. The predicted octanol–water partition coefficient (Wildman–Crippen LogP) is 3.34. The highest BCUT2D eigenvalue weighted by Gasteiger charge is 2.30. The number of nitrogens with one attached hydrogen (secondary N) is 1. The molecule has 31 heavy (non-hydrogen) atoms. The van der Waals surface area contributed by atoms with Gasteiger partial charge >= 0.3 is 0 Å². The van der Waals surface area contributed by atoms with Gasteiger partial charge in [0.2, 0.25) is 21.8 Å². The lowest BCUT2D eigenvalue weighted by molar-refractivity contribution is -0.139. The average Bonchev–Trinajstić information content (AvgIpc) is 2.71. The van der Waals surface area contributed by atoms with E-state index in [0.717, 1.165) is 20.6 Å². The van der Waals surface area contributed by atoms with E-state index in [0.29, 0.717) is 16.3 Å². The largest absolute Gasteiger partial charge is 0.357 e. The number of hydrogen-bond donors (Lipinski definition) is 1. The van der Waals surface area contributed by atoms with E-state index in [1.54, 1.807) is 32.0 Å². The Hall–Kier alpha value is -2.10. The van der Waals surface area contributed by atoms with E-state index in [1.165, 1.54) is 11.9 Å². The summed E-state index contributed by atoms with van der Waals surface area (Å²) in [5, 5.41) is 2.93. The molecule has 0 heterocycles. The quantitative estimate of drug-likeness (QED) is 0.567. The summed E-state index contributed by atoms with van der Waals surface area (Å²) in [5.41, 5.74) is 1.66. The maximum absolute atomic E-state index is 13.3. The number of halogens is 2. The number of likely N-dealkylation sites (N-methyl/N-ethyl adjacent to an activating group) is 1. The molecule has 2 rings (SSSR count). The lowest BCUT2D eigenvalue weighted by Crippen LogP contribution is -2.50. The zero-order valence-corrected chi connectivity index (χ0v) is 20.9. The van der Waals surface area contributed by atoms with Crippen LogP contribution in [0.1, 0.15) is 18.1 Å². The zero-order chi connectivity index (χ0) is 23.3. The molecular weight excluding hydrogens is 506 g/mol. The molecule has 1 atom stereocenters. The Balaban J connectivity index is 2.42.